The van der Waals surface area contributed by atoms with E-state index in [2.05, 4.69) is 9.98 Å². The molecule has 0 unspecified atom stereocenters. The maximum absolute atomic E-state index is 12.3. The van der Waals surface area contributed by atoms with Crippen molar-refractivity contribution in [2.45, 2.75) is 6.92 Å². The Morgan fingerprint density at radius 1 is 0.943 bits per heavy atom. The van der Waals surface area contributed by atoms with Gasteiger partial charge in [0.15, 0.2) is 5.49 Å². The molecule has 0 amide bonds. The molecule has 0 radical (unpaired) electrons. The summed E-state index contributed by atoms with van der Waals surface area (Å²) < 4.78 is 11.9. The van der Waals surface area contributed by atoms with E-state index in [9.17, 15) is 20.3 Å². The molecule has 0 spiro atoms. The van der Waals surface area contributed by atoms with Crippen molar-refractivity contribution in [3.05, 3.63) is 99.7 Å². The number of benzene rings is 3. The number of aliphatic imine (C=N–C) groups is 1. The molecular weight excluding hydrogens is 489 g/mol. The van der Waals surface area contributed by atoms with Gasteiger partial charge in [0.05, 0.1) is 22.0 Å². The van der Waals surface area contributed by atoms with E-state index in [1.54, 1.807) is 18.2 Å². The Morgan fingerprint density at radius 3 is 2.23 bits per heavy atom. The molecule has 0 aliphatic rings. The van der Waals surface area contributed by atoms with Crippen LogP contribution in [0.3, 0.4) is 0 Å². The number of nitrogens with zero attached hydrogens (tertiary/aromatic N) is 5. The molecule has 1 heterocycles. The van der Waals surface area contributed by atoms with E-state index in [4.69, 9.17) is 3.67 Å². The molecule has 1 aromatic heterocycles. The first-order valence-electron chi connectivity index (χ1n) is 10.2. The molecule has 3 aromatic carbocycles. The van der Waals surface area contributed by atoms with Gasteiger partial charge in [-0.1, -0.05) is 48.2 Å². The van der Waals surface area contributed by atoms with Gasteiger partial charge in [0.1, 0.15) is 5.69 Å². The average Bonchev–Trinajstić information content (AvgIpc) is 3.09. The molecule has 0 N–H and O–H groups in total. The second-order valence-electron chi connectivity index (χ2n) is 7.25. The molecule has 4 rings (SSSR count). The van der Waals surface area contributed by atoms with E-state index >= 15 is 0 Å². The quantitative estimate of drug-likeness (QED) is 0.231. The molecule has 175 valence electrons. The Bertz CT molecular complexity index is 1460. The summed E-state index contributed by atoms with van der Waals surface area (Å²) >= 11 is 1.06. The molecule has 0 saturated heterocycles. The summed E-state index contributed by atoms with van der Waals surface area (Å²) in [6.07, 6.45) is 1.45. The van der Waals surface area contributed by atoms with Crippen molar-refractivity contribution in [2.24, 2.45) is 17.0 Å². The molecule has 0 aliphatic carbocycles. The summed E-state index contributed by atoms with van der Waals surface area (Å²) in [5.74, 6) is -0.918. The van der Waals surface area contributed by atoms with Crippen LogP contribution in [0, 0.1) is 17.0 Å². The minimum atomic E-state index is -0.718. The Balaban J connectivity index is 0.00000167. The van der Waals surface area contributed by atoms with Gasteiger partial charge < -0.3 is 10.2 Å². The molecule has 0 bridgehead atoms. The van der Waals surface area contributed by atoms with Crippen LogP contribution in [0.1, 0.15) is 11.3 Å². The van der Waals surface area contributed by atoms with Crippen molar-refractivity contribution in [1.82, 2.24) is 9.36 Å². The zero-order valence-electron chi connectivity index (χ0n) is 18.7. The normalized spacial score (nSPS) is 11.4. The Labute approximate surface area is 209 Å². The standard InChI is InChI=1S/C24H21N5O4.O.V/c1-16-23(25-15-17-12-13-20(29(32)33)22(31)14-17)24(26-19-10-6-7-11-21(19)30)28(27(16)2)18-8-4-3-5-9-18;;/h3-15,30-31H,1-2H3;;/q;;+2/p-2. The van der Waals surface area contributed by atoms with Crippen molar-refractivity contribution in [3.8, 4) is 17.2 Å². The maximum atomic E-state index is 12.3. The van der Waals surface area contributed by atoms with Crippen LogP contribution >= 0.6 is 0 Å². The number of hydrogen-bond donors (Lipinski definition) is 0. The van der Waals surface area contributed by atoms with E-state index in [-0.39, 0.29) is 11.4 Å². The first-order valence-corrected chi connectivity index (χ1v) is 10.8. The summed E-state index contributed by atoms with van der Waals surface area (Å²) in [5.41, 5.74) is 2.70. The SMILES string of the molecule is Cc1c(N=Cc2ccc([N+](=O)[O-])c([O-])c2)c(=Nc2ccccc2[O-])n(-c2ccccc2)n1C.[O]=[V+2]. The van der Waals surface area contributed by atoms with Gasteiger partial charge in [-0.15, -0.1) is 0 Å². The van der Waals surface area contributed by atoms with Crippen molar-refractivity contribution in [1.29, 1.82) is 0 Å². The van der Waals surface area contributed by atoms with E-state index in [1.807, 2.05) is 53.7 Å². The Kier molecular flexibility index (Phi) is 8.14. The number of hydrogen-bond acceptors (Lipinski definition) is 7. The molecular formula is C24H19N5O5V. The van der Waals surface area contributed by atoms with Crippen LogP contribution in [0.25, 0.3) is 5.69 Å². The molecule has 35 heavy (non-hydrogen) atoms. The van der Waals surface area contributed by atoms with Crippen molar-refractivity contribution in [2.75, 3.05) is 0 Å². The summed E-state index contributed by atoms with van der Waals surface area (Å²) in [6.45, 7) is 1.86. The van der Waals surface area contributed by atoms with Crippen molar-refractivity contribution < 1.29 is 36.2 Å². The molecule has 10 nitrogen and oxygen atoms in total. The van der Waals surface area contributed by atoms with Gasteiger partial charge in [-0.25, -0.2) is 9.67 Å². The molecule has 4 aromatic rings. The van der Waals surface area contributed by atoms with Crippen LogP contribution < -0.4 is 15.7 Å². The van der Waals surface area contributed by atoms with Gasteiger partial charge in [0, 0.05) is 19.3 Å². The van der Waals surface area contributed by atoms with Gasteiger partial charge >= 0.3 is 21.0 Å². The molecule has 0 aliphatic heterocycles. The summed E-state index contributed by atoms with van der Waals surface area (Å²) in [7, 11) is 1.85. The zero-order valence-corrected chi connectivity index (χ0v) is 20.1. The Hall–Kier alpha value is -4.28. The fourth-order valence-corrected chi connectivity index (χ4v) is 3.39. The number of aromatic nitrogens is 2. The van der Waals surface area contributed by atoms with Crippen LogP contribution in [0.5, 0.6) is 11.5 Å². The van der Waals surface area contributed by atoms with Crippen molar-refractivity contribution in [3.63, 3.8) is 0 Å². The van der Waals surface area contributed by atoms with E-state index in [0.717, 1.165) is 40.9 Å². The van der Waals surface area contributed by atoms with Gasteiger partial charge in [-0.2, -0.15) is 0 Å². The molecule has 11 heteroatoms. The summed E-state index contributed by atoms with van der Waals surface area (Å²) in [5, 5.41) is 35.2. The van der Waals surface area contributed by atoms with Gasteiger partial charge in [-0.3, -0.25) is 19.8 Å². The zero-order chi connectivity index (χ0) is 25.5. The number of nitro groups is 1. The number of para-hydroxylation sites is 3. The minimum absolute atomic E-state index is 0.222. The predicted molar refractivity (Wildman–Crippen MR) is 121 cm³/mol. The topological polar surface area (TPSA) is 141 Å². The van der Waals surface area contributed by atoms with Crippen molar-refractivity contribution >= 4 is 23.3 Å². The van der Waals surface area contributed by atoms with Gasteiger partial charge in [-0.05, 0) is 42.5 Å². The third kappa shape index (κ3) is 5.45. The molecule has 0 atom stereocenters. The molecule has 0 fully saturated rings. The Morgan fingerprint density at radius 2 is 1.60 bits per heavy atom. The third-order valence-electron chi connectivity index (χ3n) is 5.16. The van der Waals surface area contributed by atoms with E-state index in [1.165, 1.54) is 18.3 Å². The first kappa shape index (κ1) is 25.3. The fraction of sp³-hybridized carbons (Fsp3) is 0.0833. The van der Waals surface area contributed by atoms with Gasteiger partial charge in [0.25, 0.3) is 5.69 Å². The second-order valence-corrected chi connectivity index (χ2v) is 7.25. The summed E-state index contributed by atoms with van der Waals surface area (Å²) in [6, 6.07) is 19.7. The van der Waals surface area contributed by atoms with Gasteiger partial charge in [0.2, 0.25) is 0 Å². The van der Waals surface area contributed by atoms with E-state index in [0.29, 0.717) is 16.7 Å². The van der Waals surface area contributed by atoms with Crippen LogP contribution in [-0.2, 0) is 28.1 Å². The molecule has 0 saturated carbocycles. The van der Waals surface area contributed by atoms with Crippen LogP contribution in [-0.4, -0.2) is 20.5 Å². The average molecular weight is 508 g/mol. The fourth-order valence-electron chi connectivity index (χ4n) is 3.39. The predicted octanol–water partition coefficient (Wildman–Crippen LogP) is 3.04. The van der Waals surface area contributed by atoms with Crippen LogP contribution in [0.2, 0.25) is 0 Å². The number of nitro benzene ring substituents is 1. The monoisotopic (exact) mass is 508 g/mol. The number of rotatable bonds is 5. The first-order chi connectivity index (χ1) is 16.9. The second kappa shape index (κ2) is 11.2. The van der Waals surface area contributed by atoms with Crippen LogP contribution in [0.15, 0.2) is 82.8 Å². The summed E-state index contributed by atoms with van der Waals surface area (Å²) in [4.78, 5) is 19.4. The van der Waals surface area contributed by atoms with E-state index < -0.39 is 16.4 Å². The van der Waals surface area contributed by atoms with Crippen LogP contribution in [0.4, 0.5) is 17.1 Å². The third-order valence-corrected chi connectivity index (χ3v) is 5.16.